The molecule has 0 saturated carbocycles. The van der Waals surface area contributed by atoms with Crippen LogP contribution in [0.4, 0.5) is 0 Å². The highest BCUT2D eigenvalue weighted by atomic mass is 16.5. The average molecular weight is 235 g/mol. The highest BCUT2D eigenvalue weighted by Gasteiger charge is 2.20. The lowest BCUT2D eigenvalue weighted by Crippen LogP contribution is -2.03. The molecule has 88 valence electrons. The van der Waals surface area contributed by atoms with Crippen molar-refractivity contribution >= 4 is 10.9 Å². The smallest absolute Gasteiger partial charge is 0.152 e. The van der Waals surface area contributed by atoms with Crippen molar-refractivity contribution < 1.29 is 4.74 Å². The first-order valence-corrected chi connectivity index (χ1v) is 6.13. The van der Waals surface area contributed by atoms with Gasteiger partial charge < -0.3 is 9.30 Å². The number of fused-ring (bicyclic) bond motifs is 2. The van der Waals surface area contributed by atoms with E-state index in [1.54, 1.807) is 0 Å². The largest absolute Gasteiger partial charge is 0.453 e. The summed E-state index contributed by atoms with van der Waals surface area (Å²) in [5.41, 5.74) is 4.79. The molecule has 0 N–H and O–H groups in total. The molecule has 18 heavy (non-hydrogen) atoms. The van der Waals surface area contributed by atoms with E-state index >= 15 is 0 Å². The number of rotatable bonds is 0. The molecule has 1 aliphatic rings. The van der Waals surface area contributed by atoms with E-state index in [9.17, 15) is 0 Å². The number of nitrogens with zero attached hydrogens (tertiary/aromatic N) is 1. The highest BCUT2D eigenvalue weighted by molar-refractivity contribution is 5.92. The van der Waals surface area contributed by atoms with Gasteiger partial charge in [0.15, 0.2) is 11.5 Å². The van der Waals surface area contributed by atoms with Crippen molar-refractivity contribution in [1.82, 2.24) is 4.57 Å². The Kier molecular flexibility index (Phi) is 1.72. The molecule has 4 rings (SSSR count). The number of hydrogen-bond acceptors (Lipinski definition) is 1. The molecule has 0 amide bonds. The summed E-state index contributed by atoms with van der Waals surface area (Å²) >= 11 is 0. The summed E-state index contributed by atoms with van der Waals surface area (Å²) < 4.78 is 8.24. The molecular formula is C16H13NO. The van der Waals surface area contributed by atoms with Gasteiger partial charge in [0.2, 0.25) is 0 Å². The minimum absolute atomic E-state index is 0.934. The number of benzene rings is 2. The fourth-order valence-corrected chi connectivity index (χ4v) is 2.68. The minimum atomic E-state index is 0.934. The van der Waals surface area contributed by atoms with Crippen LogP contribution in [0.2, 0.25) is 0 Å². The van der Waals surface area contributed by atoms with E-state index < -0.39 is 0 Å². The first-order valence-electron chi connectivity index (χ1n) is 6.13. The fourth-order valence-electron chi connectivity index (χ4n) is 2.68. The molecule has 0 atom stereocenters. The molecule has 3 aromatic rings. The normalized spacial score (nSPS) is 12.3. The standard InChI is InChI=1S/C16H13NO/c1-10-3-5-13-15(9-10)18-14-6-4-11(2)12-7-8-17(13)16(12)14/h3-9H,1-2H3. The van der Waals surface area contributed by atoms with Gasteiger partial charge in [0, 0.05) is 11.6 Å². The first-order chi connectivity index (χ1) is 8.74. The van der Waals surface area contributed by atoms with Crippen LogP contribution in [0.3, 0.4) is 0 Å². The van der Waals surface area contributed by atoms with E-state index in [1.165, 1.54) is 22.0 Å². The van der Waals surface area contributed by atoms with Gasteiger partial charge in [-0.05, 0) is 49.2 Å². The lowest BCUT2D eigenvalue weighted by atomic mass is 10.1. The molecule has 0 aliphatic carbocycles. The van der Waals surface area contributed by atoms with Gasteiger partial charge in [0.1, 0.15) is 0 Å². The second kappa shape index (κ2) is 3.16. The van der Waals surface area contributed by atoms with Crippen molar-refractivity contribution in [3.05, 3.63) is 53.7 Å². The predicted molar refractivity (Wildman–Crippen MR) is 72.8 cm³/mol. The Morgan fingerprint density at radius 3 is 2.72 bits per heavy atom. The zero-order chi connectivity index (χ0) is 12.3. The molecule has 1 aliphatic heterocycles. The summed E-state index contributed by atoms with van der Waals surface area (Å²) in [6, 6.07) is 12.7. The Balaban J connectivity index is 2.15. The van der Waals surface area contributed by atoms with E-state index in [4.69, 9.17) is 4.74 Å². The molecule has 0 bridgehead atoms. The van der Waals surface area contributed by atoms with Crippen LogP contribution < -0.4 is 4.74 Å². The SMILES string of the molecule is Cc1ccc2c(c1)Oc1ccc(C)c3ccn-2c13. The molecule has 2 nitrogen and oxygen atoms in total. The van der Waals surface area contributed by atoms with Crippen LogP contribution in [0.5, 0.6) is 11.5 Å². The maximum atomic E-state index is 6.02. The summed E-state index contributed by atoms with van der Waals surface area (Å²) in [6.07, 6.45) is 2.12. The van der Waals surface area contributed by atoms with E-state index in [2.05, 4.69) is 61.0 Å². The van der Waals surface area contributed by atoms with Crippen LogP contribution in [0.15, 0.2) is 42.6 Å². The molecule has 2 heterocycles. The molecule has 0 unspecified atom stereocenters. The Morgan fingerprint density at radius 2 is 1.83 bits per heavy atom. The summed E-state index contributed by atoms with van der Waals surface area (Å²) in [5.74, 6) is 1.88. The molecule has 0 fully saturated rings. The maximum Gasteiger partial charge on any atom is 0.152 e. The third kappa shape index (κ3) is 1.12. The third-order valence-corrected chi connectivity index (χ3v) is 3.62. The van der Waals surface area contributed by atoms with Crippen molar-refractivity contribution in [3.63, 3.8) is 0 Å². The van der Waals surface area contributed by atoms with Crippen LogP contribution in [-0.4, -0.2) is 4.57 Å². The molecular weight excluding hydrogens is 222 g/mol. The van der Waals surface area contributed by atoms with E-state index in [1.807, 2.05) is 0 Å². The second-order valence-corrected chi connectivity index (χ2v) is 4.90. The summed E-state index contributed by atoms with van der Waals surface area (Å²) in [7, 11) is 0. The molecule has 0 radical (unpaired) electrons. The summed E-state index contributed by atoms with van der Waals surface area (Å²) in [5, 5.41) is 1.26. The molecule has 1 aromatic heterocycles. The van der Waals surface area contributed by atoms with Gasteiger partial charge in [-0.2, -0.15) is 0 Å². The van der Waals surface area contributed by atoms with Crippen molar-refractivity contribution in [2.45, 2.75) is 13.8 Å². The molecule has 2 heteroatoms. The Bertz CT molecular complexity index is 783. The zero-order valence-electron chi connectivity index (χ0n) is 10.4. The highest BCUT2D eigenvalue weighted by Crippen LogP contribution is 2.41. The van der Waals surface area contributed by atoms with E-state index in [-0.39, 0.29) is 0 Å². The Hall–Kier alpha value is -2.22. The lowest BCUT2D eigenvalue weighted by molar-refractivity contribution is 0.475. The van der Waals surface area contributed by atoms with Crippen LogP contribution in [0.1, 0.15) is 11.1 Å². The fraction of sp³-hybridized carbons (Fsp3) is 0.125. The van der Waals surface area contributed by atoms with Crippen molar-refractivity contribution in [2.24, 2.45) is 0 Å². The Morgan fingerprint density at radius 1 is 0.944 bits per heavy atom. The summed E-state index contributed by atoms with van der Waals surface area (Å²) in [6.45, 7) is 4.22. The van der Waals surface area contributed by atoms with Gasteiger partial charge >= 0.3 is 0 Å². The number of aromatic nitrogens is 1. The molecule has 0 spiro atoms. The maximum absolute atomic E-state index is 6.02. The minimum Gasteiger partial charge on any atom is -0.453 e. The topological polar surface area (TPSA) is 14.2 Å². The monoisotopic (exact) mass is 235 g/mol. The van der Waals surface area contributed by atoms with Gasteiger partial charge in [0.05, 0.1) is 11.2 Å². The number of aryl methyl sites for hydroxylation is 2. The van der Waals surface area contributed by atoms with Crippen LogP contribution in [0, 0.1) is 13.8 Å². The van der Waals surface area contributed by atoms with E-state index in [0.717, 1.165) is 17.2 Å². The average Bonchev–Trinajstić information content (AvgIpc) is 2.80. The number of hydrogen-bond donors (Lipinski definition) is 0. The first kappa shape index (κ1) is 9.77. The number of ether oxygens (including phenoxy) is 1. The molecule has 0 saturated heterocycles. The zero-order valence-corrected chi connectivity index (χ0v) is 10.4. The summed E-state index contributed by atoms with van der Waals surface area (Å²) in [4.78, 5) is 0. The van der Waals surface area contributed by atoms with Crippen LogP contribution in [0.25, 0.3) is 16.6 Å². The predicted octanol–water partition coefficient (Wildman–Crippen LogP) is 4.35. The lowest BCUT2D eigenvalue weighted by Gasteiger charge is -2.21. The van der Waals surface area contributed by atoms with Crippen molar-refractivity contribution in [2.75, 3.05) is 0 Å². The van der Waals surface area contributed by atoms with Gasteiger partial charge in [-0.25, -0.2) is 0 Å². The van der Waals surface area contributed by atoms with Crippen LogP contribution in [-0.2, 0) is 0 Å². The third-order valence-electron chi connectivity index (χ3n) is 3.62. The van der Waals surface area contributed by atoms with Crippen LogP contribution >= 0.6 is 0 Å². The van der Waals surface area contributed by atoms with Crippen molar-refractivity contribution in [3.8, 4) is 17.2 Å². The van der Waals surface area contributed by atoms with Crippen molar-refractivity contribution in [1.29, 1.82) is 0 Å². The van der Waals surface area contributed by atoms with E-state index in [0.29, 0.717) is 0 Å². The van der Waals surface area contributed by atoms with Gasteiger partial charge in [-0.15, -0.1) is 0 Å². The Labute approximate surface area is 105 Å². The quantitative estimate of drug-likeness (QED) is 0.442. The second-order valence-electron chi connectivity index (χ2n) is 4.90. The van der Waals surface area contributed by atoms with Gasteiger partial charge in [0.25, 0.3) is 0 Å². The molecule has 2 aromatic carbocycles. The van der Waals surface area contributed by atoms with Gasteiger partial charge in [-0.1, -0.05) is 12.1 Å². The van der Waals surface area contributed by atoms with Gasteiger partial charge in [-0.3, -0.25) is 0 Å².